The van der Waals surface area contributed by atoms with E-state index in [9.17, 15) is 0 Å². The third-order valence-electron chi connectivity index (χ3n) is 4.94. The summed E-state index contributed by atoms with van der Waals surface area (Å²) in [6.07, 6.45) is 3.69. The second kappa shape index (κ2) is 7.02. The first-order chi connectivity index (χ1) is 9.14. The van der Waals surface area contributed by atoms with Crippen molar-refractivity contribution in [3.8, 4) is 0 Å². The van der Waals surface area contributed by atoms with Gasteiger partial charge in [0.2, 0.25) is 0 Å². The second-order valence-corrected chi connectivity index (χ2v) is 6.39. The van der Waals surface area contributed by atoms with Gasteiger partial charge in [-0.3, -0.25) is 4.90 Å². The minimum absolute atomic E-state index is 0.191. The minimum atomic E-state index is 0.191. The molecule has 0 radical (unpaired) electrons. The second-order valence-electron chi connectivity index (χ2n) is 6.39. The molecule has 19 heavy (non-hydrogen) atoms. The number of nitrogens with zero attached hydrogens (tertiary/aromatic N) is 1. The summed E-state index contributed by atoms with van der Waals surface area (Å²) in [4.78, 5) is 2.58. The molecular formula is C15H30N2O2. The predicted octanol–water partition coefficient (Wildman–Crippen LogP) is 1.50. The first-order valence-electron chi connectivity index (χ1n) is 7.72. The van der Waals surface area contributed by atoms with Gasteiger partial charge in [0.05, 0.1) is 13.2 Å². The van der Waals surface area contributed by atoms with Crippen molar-refractivity contribution in [2.24, 2.45) is 5.92 Å². The summed E-state index contributed by atoms with van der Waals surface area (Å²) in [5, 5.41) is 3.56. The maximum atomic E-state index is 5.48. The average molecular weight is 270 g/mol. The van der Waals surface area contributed by atoms with Gasteiger partial charge in [-0.2, -0.15) is 0 Å². The summed E-state index contributed by atoms with van der Waals surface area (Å²) < 4.78 is 10.9. The van der Waals surface area contributed by atoms with Crippen LogP contribution in [0.1, 0.15) is 33.1 Å². The summed E-state index contributed by atoms with van der Waals surface area (Å²) in [5.74, 6) is 0.812. The van der Waals surface area contributed by atoms with E-state index in [0.29, 0.717) is 6.04 Å². The van der Waals surface area contributed by atoms with Gasteiger partial charge in [-0.25, -0.2) is 0 Å². The summed E-state index contributed by atoms with van der Waals surface area (Å²) >= 11 is 0. The van der Waals surface area contributed by atoms with Gasteiger partial charge in [0, 0.05) is 37.9 Å². The molecule has 0 aliphatic carbocycles. The van der Waals surface area contributed by atoms with Crippen molar-refractivity contribution in [3.63, 3.8) is 0 Å². The molecule has 0 bridgehead atoms. The Morgan fingerprint density at radius 2 is 1.68 bits per heavy atom. The van der Waals surface area contributed by atoms with Crippen molar-refractivity contribution in [2.45, 2.75) is 44.7 Å². The van der Waals surface area contributed by atoms with Crippen molar-refractivity contribution in [1.82, 2.24) is 10.2 Å². The average Bonchev–Trinajstić information content (AvgIpc) is 2.46. The predicted molar refractivity (Wildman–Crippen MR) is 77.5 cm³/mol. The number of hydrogen-bond donors (Lipinski definition) is 1. The number of ether oxygens (including phenoxy) is 2. The Hall–Kier alpha value is -0.160. The maximum Gasteiger partial charge on any atom is 0.0594 e. The van der Waals surface area contributed by atoms with Gasteiger partial charge in [0.25, 0.3) is 0 Å². The molecule has 1 N–H and O–H groups in total. The van der Waals surface area contributed by atoms with Crippen LogP contribution in [0, 0.1) is 5.92 Å². The molecule has 2 heterocycles. The Labute approximate surface area is 117 Å². The highest BCUT2D eigenvalue weighted by Gasteiger charge is 2.36. The fourth-order valence-electron chi connectivity index (χ4n) is 3.43. The highest BCUT2D eigenvalue weighted by atomic mass is 16.5. The van der Waals surface area contributed by atoms with Crippen molar-refractivity contribution < 1.29 is 9.47 Å². The van der Waals surface area contributed by atoms with E-state index < -0.39 is 0 Å². The normalized spacial score (nSPS) is 25.4. The van der Waals surface area contributed by atoms with Crippen LogP contribution in [-0.2, 0) is 9.47 Å². The fraction of sp³-hybridized carbons (Fsp3) is 1.00. The zero-order valence-corrected chi connectivity index (χ0v) is 12.8. The first-order valence-corrected chi connectivity index (χ1v) is 7.72. The topological polar surface area (TPSA) is 33.7 Å². The number of nitrogens with one attached hydrogen (secondary N) is 1. The van der Waals surface area contributed by atoms with E-state index >= 15 is 0 Å². The molecule has 0 aromatic heterocycles. The Bertz CT molecular complexity index is 259. The zero-order chi connectivity index (χ0) is 13.7. The van der Waals surface area contributed by atoms with Crippen LogP contribution in [-0.4, -0.2) is 63.0 Å². The Morgan fingerprint density at radius 3 is 2.26 bits per heavy atom. The van der Waals surface area contributed by atoms with Gasteiger partial charge >= 0.3 is 0 Å². The SMILES string of the molecule is CNC(CC1CCOCC1)C(C)(C)N1CCOCC1. The molecule has 0 aromatic rings. The lowest BCUT2D eigenvalue weighted by Crippen LogP contribution is -2.60. The maximum absolute atomic E-state index is 5.48. The van der Waals surface area contributed by atoms with Gasteiger partial charge in [-0.05, 0) is 46.1 Å². The van der Waals surface area contributed by atoms with E-state index in [1.807, 2.05) is 0 Å². The molecule has 2 fully saturated rings. The van der Waals surface area contributed by atoms with Crippen LogP contribution in [0.5, 0.6) is 0 Å². The number of hydrogen-bond acceptors (Lipinski definition) is 4. The van der Waals surface area contributed by atoms with Gasteiger partial charge in [0.15, 0.2) is 0 Å². The number of likely N-dealkylation sites (N-methyl/N-ethyl adjacent to an activating group) is 1. The molecule has 112 valence electrons. The Morgan fingerprint density at radius 1 is 1.11 bits per heavy atom. The van der Waals surface area contributed by atoms with Crippen LogP contribution in [0.4, 0.5) is 0 Å². The molecule has 4 heteroatoms. The molecule has 1 atom stereocenters. The van der Waals surface area contributed by atoms with Crippen LogP contribution < -0.4 is 5.32 Å². The number of morpholine rings is 1. The van der Waals surface area contributed by atoms with Crippen LogP contribution >= 0.6 is 0 Å². The van der Waals surface area contributed by atoms with Gasteiger partial charge < -0.3 is 14.8 Å². The van der Waals surface area contributed by atoms with E-state index in [1.54, 1.807) is 0 Å². The van der Waals surface area contributed by atoms with Gasteiger partial charge in [-0.15, -0.1) is 0 Å². The first kappa shape index (κ1) is 15.2. The molecule has 2 aliphatic rings. The van der Waals surface area contributed by atoms with Crippen LogP contribution in [0.15, 0.2) is 0 Å². The van der Waals surface area contributed by atoms with Crippen LogP contribution in [0.3, 0.4) is 0 Å². The van der Waals surface area contributed by atoms with Gasteiger partial charge in [-0.1, -0.05) is 0 Å². The minimum Gasteiger partial charge on any atom is -0.381 e. The van der Waals surface area contributed by atoms with E-state index in [2.05, 4.69) is 31.1 Å². The fourth-order valence-corrected chi connectivity index (χ4v) is 3.43. The summed E-state index contributed by atoms with van der Waals surface area (Å²) in [7, 11) is 2.10. The lowest BCUT2D eigenvalue weighted by molar-refractivity contribution is -0.0285. The number of rotatable bonds is 5. The Kier molecular flexibility index (Phi) is 5.63. The summed E-state index contributed by atoms with van der Waals surface area (Å²) in [6.45, 7) is 10.5. The highest BCUT2D eigenvalue weighted by molar-refractivity contribution is 4.95. The summed E-state index contributed by atoms with van der Waals surface area (Å²) in [5.41, 5.74) is 0.191. The third-order valence-corrected chi connectivity index (χ3v) is 4.94. The van der Waals surface area contributed by atoms with E-state index in [1.165, 1.54) is 19.3 Å². The highest BCUT2D eigenvalue weighted by Crippen LogP contribution is 2.28. The molecule has 0 aromatic carbocycles. The smallest absolute Gasteiger partial charge is 0.0594 e. The molecule has 2 aliphatic heterocycles. The van der Waals surface area contributed by atoms with Crippen molar-refractivity contribution in [1.29, 1.82) is 0 Å². The largest absolute Gasteiger partial charge is 0.381 e. The van der Waals surface area contributed by atoms with Crippen molar-refractivity contribution in [2.75, 3.05) is 46.6 Å². The van der Waals surface area contributed by atoms with Crippen molar-refractivity contribution >= 4 is 0 Å². The molecular weight excluding hydrogens is 240 g/mol. The van der Waals surface area contributed by atoms with E-state index in [4.69, 9.17) is 9.47 Å². The molecule has 2 rings (SSSR count). The summed E-state index contributed by atoms with van der Waals surface area (Å²) in [6, 6.07) is 0.536. The quantitative estimate of drug-likeness (QED) is 0.821. The van der Waals surface area contributed by atoms with E-state index in [0.717, 1.165) is 45.4 Å². The molecule has 1 unspecified atom stereocenters. The Balaban J connectivity index is 1.93. The molecule has 0 saturated carbocycles. The lowest BCUT2D eigenvalue weighted by Gasteiger charge is -2.47. The standard InChI is InChI=1S/C15H30N2O2/c1-15(2,17-6-10-19-11-7-17)14(16-3)12-13-4-8-18-9-5-13/h13-14,16H,4-12H2,1-3H3. The zero-order valence-electron chi connectivity index (χ0n) is 12.8. The van der Waals surface area contributed by atoms with Crippen LogP contribution in [0.2, 0.25) is 0 Å². The third kappa shape index (κ3) is 3.91. The molecule has 0 spiro atoms. The van der Waals surface area contributed by atoms with Gasteiger partial charge in [0.1, 0.15) is 0 Å². The molecule has 2 saturated heterocycles. The molecule has 0 amide bonds. The van der Waals surface area contributed by atoms with E-state index in [-0.39, 0.29) is 5.54 Å². The lowest BCUT2D eigenvalue weighted by atomic mass is 9.82. The van der Waals surface area contributed by atoms with Crippen LogP contribution in [0.25, 0.3) is 0 Å². The monoisotopic (exact) mass is 270 g/mol. The molecule has 4 nitrogen and oxygen atoms in total. The van der Waals surface area contributed by atoms with Crippen molar-refractivity contribution in [3.05, 3.63) is 0 Å².